The Kier molecular flexibility index (Phi) is 6.19. The molecule has 29 heavy (non-hydrogen) atoms. The van der Waals surface area contributed by atoms with Gasteiger partial charge >= 0.3 is 0 Å². The summed E-state index contributed by atoms with van der Waals surface area (Å²) in [5.74, 6) is 0.900. The van der Waals surface area contributed by atoms with Crippen molar-refractivity contribution < 1.29 is 17.6 Å². The molecule has 0 saturated carbocycles. The lowest BCUT2D eigenvalue weighted by Crippen LogP contribution is -2.19. The summed E-state index contributed by atoms with van der Waals surface area (Å²) < 4.78 is 33.5. The average molecular weight is 476 g/mol. The number of anilines is 1. The van der Waals surface area contributed by atoms with Crippen LogP contribution in [0.3, 0.4) is 0 Å². The Morgan fingerprint density at radius 3 is 2.24 bits per heavy atom. The summed E-state index contributed by atoms with van der Waals surface area (Å²) in [5, 5.41) is 4.02. The summed E-state index contributed by atoms with van der Waals surface area (Å²) in [5.41, 5.74) is 3.66. The Labute approximate surface area is 177 Å². The number of benzene rings is 2. The van der Waals surface area contributed by atoms with Crippen LogP contribution in [0.2, 0.25) is 0 Å². The van der Waals surface area contributed by atoms with Gasteiger partial charge < -0.3 is 4.42 Å². The molecule has 0 aliphatic heterocycles. The van der Waals surface area contributed by atoms with Gasteiger partial charge in [-0.15, -0.1) is 0 Å². The fraction of sp³-hybridized carbons (Fsp3) is 0.100. The molecule has 9 heteroatoms. The Hall–Kier alpha value is -2.91. The molecule has 0 fully saturated rings. The smallest absolute Gasteiger partial charge is 0.271 e. The minimum atomic E-state index is -3.72. The Morgan fingerprint density at radius 1 is 1.00 bits per heavy atom. The first-order valence-corrected chi connectivity index (χ1v) is 10.8. The number of carbonyl (C=O) groups is 1. The van der Waals surface area contributed by atoms with E-state index in [1.165, 1.54) is 36.4 Å². The van der Waals surface area contributed by atoms with Crippen molar-refractivity contribution in [2.45, 2.75) is 18.7 Å². The minimum Gasteiger partial charge on any atom is -0.460 e. The molecule has 0 bridgehead atoms. The maximum absolute atomic E-state index is 12.4. The number of hydrogen-bond donors (Lipinski definition) is 2. The Bertz CT molecular complexity index is 1150. The van der Waals surface area contributed by atoms with Gasteiger partial charge in [-0.2, -0.15) is 5.10 Å². The molecule has 0 saturated heterocycles. The molecule has 0 radical (unpaired) electrons. The number of hydrogen-bond acceptors (Lipinski definition) is 5. The molecule has 0 atom stereocenters. The number of hydrazone groups is 1. The van der Waals surface area contributed by atoms with Crippen LogP contribution in [0.15, 0.2) is 79.6 Å². The average Bonchev–Trinajstić information content (AvgIpc) is 3.13. The fourth-order valence-electron chi connectivity index (χ4n) is 2.40. The van der Waals surface area contributed by atoms with Gasteiger partial charge in [0.15, 0.2) is 0 Å². The number of halogens is 1. The first kappa shape index (κ1) is 20.8. The zero-order valence-corrected chi connectivity index (χ0v) is 18.0. The maximum Gasteiger partial charge on any atom is 0.271 e. The van der Waals surface area contributed by atoms with Crippen LogP contribution in [0.1, 0.15) is 28.8 Å². The minimum absolute atomic E-state index is 0.139. The van der Waals surface area contributed by atoms with E-state index in [4.69, 9.17) is 4.42 Å². The molecular weight excluding hydrogens is 458 g/mol. The number of rotatable bonds is 6. The number of nitrogens with one attached hydrogen (secondary N) is 2. The van der Waals surface area contributed by atoms with Crippen molar-refractivity contribution in [3.8, 4) is 0 Å². The van der Waals surface area contributed by atoms with Crippen LogP contribution >= 0.6 is 15.9 Å². The highest BCUT2D eigenvalue weighted by molar-refractivity contribution is 9.10. The predicted molar refractivity (Wildman–Crippen MR) is 115 cm³/mol. The van der Waals surface area contributed by atoms with Crippen LogP contribution in [-0.2, 0) is 10.0 Å². The van der Waals surface area contributed by atoms with Crippen molar-refractivity contribution in [3.05, 3.63) is 82.2 Å². The number of sulfonamides is 1. The van der Waals surface area contributed by atoms with Gasteiger partial charge in [0.25, 0.3) is 15.9 Å². The van der Waals surface area contributed by atoms with E-state index < -0.39 is 15.9 Å². The molecular formula is C20H18BrN3O4S. The molecule has 2 aromatic carbocycles. The second kappa shape index (κ2) is 8.62. The normalized spacial score (nSPS) is 11.9. The van der Waals surface area contributed by atoms with Crippen molar-refractivity contribution in [1.82, 2.24) is 5.43 Å². The van der Waals surface area contributed by atoms with Gasteiger partial charge in [0.2, 0.25) is 0 Å². The molecule has 0 unspecified atom stereocenters. The van der Waals surface area contributed by atoms with Crippen LogP contribution in [0.5, 0.6) is 0 Å². The van der Waals surface area contributed by atoms with E-state index in [1.54, 1.807) is 25.1 Å². The molecule has 0 aliphatic rings. The molecule has 3 rings (SSSR count). The van der Waals surface area contributed by atoms with Gasteiger partial charge in [0.1, 0.15) is 17.2 Å². The monoisotopic (exact) mass is 475 g/mol. The molecule has 0 aliphatic carbocycles. The molecule has 0 spiro atoms. The van der Waals surface area contributed by atoms with Crippen molar-refractivity contribution in [2.75, 3.05) is 4.72 Å². The van der Waals surface area contributed by atoms with Crippen molar-refractivity contribution in [2.24, 2.45) is 5.10 Å². The van der Waals surface area contributed by atoms with E-state index in [0.29, 0.717) is 22.7 Å². The topological polar surface area (TPSA) is 101 Å². The van der Waals surface area contributed by atoms with E-state index in [1.807, 2.05) is 13.0 Å². The molecule has 2 N–H and O–H groups in total. The second-order valence-electron chi connectivity index (χ2n) is 6.19. The summed E-state index contributed by atoms with van der Waals surface area (Å²) in [7, 11) is -3.72. The Balaban J connectivity index is 1.66. The van der Waals surface area contributed by atoms with Gasteiger partial charge in [-0.3, -0.25) is 9.52 Å². The van der Waals surface area contributed by atoms with Crippen LogP contribution in [0.25, 0.3) is 0 Å². The standard InChI is InChI=1S/C20H18BrN3O4S/c1-13-3-12-19(28-13)14(2)22-23-20(25)15-4-8-17(9-5-15)24-29(26,27)18-10-6-16(21)7-11-18/h3-12,24H,1-2H3,(H,23,25)/b22-14+. The highest BCUT2D eigenvalue weighted by atomic mass is 79.9. The van der Waals surface area contributed by atoms with E-state index in [0.717, 1.165) is 10.2 Å². The summed E-state index contributed by atoms with van der Waals surface area (Å²) >= 11 is 3.27. The number of carbonyl (C=O) groups excluding carboxylic acids is 1. The summed E-state index contributed by atoms with van der Waals surface area (Å²) in [6.45, 7) is 3.54. The van der Waals surface area contributed by atoms with Gasteiger partial charge in [-0.05, 0) is 74.5 Å². The van der Waals surface area contributed by atoms with Crippen LogP contribution in [-0.4, -0.2) is 20.0 Å². The van der Waals surface area contributed by atoms with Gasteiger partial charge in [0.05, 0.1) is 4.90 Å². The molecule has 1 heterocycles. The quantitative estimate of drug-likeness (QED) is 0.409. The van der Waals surface area contributed by atoms with E-state index in [-0.39, 0.29) is 4.90 Å². The molecule has 3 aromatic rings. The molecule has 7 nitrogen and oxygen atoms in total. The third-order valence-corrected chi connectivity index (χ3v) is 5.87. The van der Waals surface area contributed by atoms with E-state index in [9.17, 15) is 13.2 Å². The predicted octanol–water partition coefficient (Wildman–Crippen LogP) is 4.31. The highest BCUT2D eigenvalue weighted by Crippen LogP contribution is 2.19. The fourth-order valence-corrected chi connectivity index (χ4v) is 3.72. The lowest BCUT2D eigenvalue weighted by molar-refractivity contribution is 0.0955. The number of furan rings is 1. The molecule has 1 amide bonds. The van der Waals surface area contributed by atoms with Crippen LogP contribution in [0.4, 0.5) is 5.69 Å². The van der Waals surface area contributed by atoms with Crippen LogP contribution < -0.4 is 10.1 Å². The van der Waals surface area contributed by atoms with Crippen molar-refractivity contribution >= 4 is 43.3 Å². The van der Waals surface area contributed by atoms with Crippen molar-refractivity contribution in [3.63, 3.8) is 0 Å². The first-order chi connectivity index (χ1) is 13.7. The second-order valence-corrected chi connectivity index (χ2v) is 8.78. The molecule has 1 aromatic heterocycles. The third kappa shape index (κ3) is 5.33. The zero-order chi connectivity index (χ0) is 21.0. The van der Waals surface area contributed by atoms with Gasteiger partial charge in [-0.25, -0.2) is 13.8 Å². The summed E-state index contributed by atoms with van der Waals surface area (Å²) in [6.07, 6.45) is 0. The number of nitrogens with zero attached hydrogens (tertiary/aromatic N) is 1. The lowest BCUT2D eigenvalue weighted by atomic mass is 10.2. The Morgan fingerprint density at radius 2 is 1.66 bits per heavy atom. The lowest BCUT2D eigenvalue weighted by Gasteiger charge is -2.09. The zero-order valence-electron chi connectivity index (χ0n) is 15.6. The largest absolute Gasteiger partial charge is 0.460 e. The van der Waals surface area contributed by atoms with Crippen LogP contribution in [0, 0.1) is 6.92 Å². The highest BCUT2D eigenvalue weighted by Gasteiger charge is 2.14. The summed E-state index contributed by atoms with van der Waals surface area (Å²) in [4.78, 5) is 12.4. The number of aryl methyl sites for hydroxylation is 1. The third-order valence-electron chi connectivity index (χ3n) is 3.95. The summed E-state index contributed by atoms with van der Waals surface area (Å²) in [6, 6.07) is 15.9. The van der Waals surface area contributed by atoms with Crippen molar-refractivity contribution in [1.29, 1.82) is 0 Å². The van der Waals surface area contributed by atoms with Gasteiger partial charge in [0, 0.05) is 15.7 Å². The molecule has 150 valence electrons. The number of amides is 1. The van der Waals surface area contributed by atoms with E-state index in [2.05, 4.69) is 31.2 Å². The maximum atomic E-state index is 12.4. The first-order valence-electron chi connectivity index (χ1n) is 8.54. The SMILES string of the molecule is C/C(=N\NC(=O)c1ccc(NS(=O)(=O)c2ccc(Br)cc2)cc1)c1ccc(C)o1. The van der Waals surface area contributed by atoms with E-state index >= 15 is 0 Å². The van der Waals surface area contributed by atoms with Gasteiger partial charge in [-0.1, -0.05) is 15.9 Å².